The molecule has 1 atom stereocenters. The highest BCUT2D eigenvalue weighted by atomic mass is 35.5. The van der Waals surface area contributed by atoms with Crippen LogP contribution in [0.2, 0.25) is 4.34 Å². The molecule has 0 radical (unpaired) electrons. The molecular formula is C15H22ClN3O4S. The van der Waals surface area contributed by atoms with E-state index in [2.05, 4.69) is 5.32 Å². The van der Waals surface area contributed by atoms with Gasteiger partial charge in [-0.2, -0.15) is 0 Å². The Morgan fingerprint density at radius 2 is 2.04 bits per heavy atom. The Hall–Kier alpha value is -1.64. The number of carboxylic acid groups (broad SMARTS) is 1. The van der Waals surface area contributed by atoms with E-state index in [1.54, 1.807) is 13.1 Å². The van der Waals surface area contributed by atoms with E-state index in [-0.39, 0.29) is 31.4 Å². The molecule has 0 saturated heterocycles. The van der Waals surface area contributed by atoms with Crippen LogP contribution in [0.1, 0.15) is 18.7 Å². The third-order valence-electron chi connectivity index (χ3n) is 3.46. The standard InChI is InChI=1S/C15H22ClN3O4S/c1-10(15(22)23)19(7-6-17-11(2)20)9-14(21)18(3)8-12-4-5-13(16)24-12/h4-5,10H,6-9H2,1-3H3,(H,17,20)(H,22,23). The van der Waals surface area contributed by atoms with Crippen molar-refractivity contribution in [1.29, 1.82) is 0 Å². The van der Waals surface area contributed by atoms with Gasteiger partial charge in [-0.15, -0.1) is 11.3 Å². The SMILES string of the molecule is CC(=O)NCCN(CC(=O)N(C)Cc1ccc(Cl)s1)C(C)C(=O)O. The van der Waals surface area contributed by atoms with Crippen LogP contribution in [-0.4, -0.2) is 65.4 Å². The average Bonchev–Trinajstić information content (AvgIpc) is 2.89. The molecule has 0 spiro atoms. The predicted molar refractivity (Wildman–Crippen MR) is 93.2 cm³/mol. The van der Waals surface area contributed by atoms with E-state index in [0.717, 1.165) is 4.88 Å². The van der Waals surface area contributed by atoms with Crippen molar-refractivity contribution in [3.63, 3.8) is 0 Å². The largest absolute Gasteiger partial charge is 0.480 e. The van der Waals surface area contributed by atoms with Crippen molar-refractivity contribution in [2.75, 3.05) is 26.7 Å². The number of rotatable bonds is 9. The van der Waals surface area contributed by atoms with Gasteiger partial charge in [-0.3, -0.25) is 19.3 Å². The lowest BCUT2D eigenvalue weighted by Gasteiger charge is -2.27. The number of hydrogen-bond acceptors (Lipinski definition) is 5. The van der Waals surface area contributed by atoms with E-state index in [1.165, 1.54) is 35.0 Å². The number of thiophene rings is 1. The zero-order valence-corrected chi connectivity index (χ0v) is 15.5. The lowest BCUT2D eigenvalue weighted by atomic mass is 10.2. The minimum Gasteiger partial charge on any atom is -0.480 e. The van der Waals surface area contributed by atoms with Crippen molar-refractivity contribution in [3.05, 3.63) is 21.3 Å². The number of carbonyl (C=O) groups excluding carboxylic acids is 2. The van der Waals surface area contributed by atoms with Gasteiger partial charge < -0.3 is 15.3 Å². The normalized spacial score (nSPS) is 12.0. The molecule has 1 rings (SSSR count). The summed E-state index contributed by atoms with van der Waals surface area (Å²) in [6.07, 6.45) is 0. The number of nitrogens with one attached hydrogen (secondary N) is 1. The monoisotopic (exact) mass is 375 g/mol. The molecule has 1 heterocycles. The molecule has 24 heavy (non-hydrogen) atoms. The van der Waals surface area contributed by atoms with Crippen LogP contribution in [0.25, 0.3) is 0 Å². The second-order valence-corrected chi connectivity index (χ2v) is 7.22. The van der Waals surface area contributed by atoms with Gasteiger partial charge in [0.05, 0.1) is 17.4 Å². The minimum atomic E-state index is -1.02. The van der Waals surface area contributed by atoms with Crippen molar-refractivity contribution in [3.8, 4) is 0 Å². The van der Waals surface area contributed by atoms with Crippen molar-refractivity contribution in [1.82, 2.24) is 15.1 Å². The van der Waals surface area contributed by atoms with Crippen LogP contribution in [0.5, 0.6) is 0 Å². The van der Waals surface area contributed by atoms with Crippen molar-refractivity contribution < 1.29 is 19.5 Å². The van der Waals surface area contributed by atoms with E-state index >= 15 is 0 Å². The molecule has 2 amide bonds. The van der Waals surface area contributed by atoms with Gasteiger partial charge >= 0.3 is 5.97 Å². The number of amides is 2. The van der Waals surface area contributed by atoms with Crippen LogP contribution in [0.15, 0.2) is 12.1 Å². The smallest absolute Gasteiger partial charge is 0.320 e. The molecule has 0 fully saturated rings. The molecule has 134 valence electrons. The van der Waals surface area contributed by atoms with Crippen molar-refractivity contribution in [2.45, 2.75) is 26.4 Å². The second-order valence-electron chi connectivity index (χ2n) is 5.42. The Morgan fingerprint density at radius 3 is 2.54 bits per heavy atom. The van der Waals surface area contributed by atoms with Gasteiger partial charge in [0.25, 0.3) is 0 Å². The summed E-state index contributed by atoms with van der Waals surface area (Å²) in [5.41, 5.74) is 0. The Labute approximate surface area is 150 Å². The summed E-state index contributed by atoms with van der Waals surface area (Å²) in [4.78, 5) is 38.5. The molecule has 0 aliphatic heterocycles. The van der Waals surface area contributed by atoms with Crippen molar-refractivity contribution in [2.24, 2.45) is 0 Å². The maximum absolute atomic E-state index is 12.4. The van der Waals surface area contributed by atoms with Crippen molar-refractivity contribution >= 4 is 40.7 Å². The van der Waals surface area contributed by atoms with E-state index in [4.69, 9.17) is 11.6 Å². The third-order valence-corrected chi connectivity index (χ3v) is 4.68. The van der Waals surface area contributed by atoms with Crippen LogP contribution in [0.4, 0.5) is 0 Å². The van der Waals surface area contributed by atoms with Gasteiger partial charge in [0, 0.05) is 31.9 Å². The number of carbonyl (C=O) groups is 3. The van der Waals surface area contributed by atoms with Gasteiger partial charge in [0.1, 0.15) is 6.04 Å². The molecule has 0 bridgehead atoms. The van der Waals surface area contributed by atoms with Crippen LogP contribution in [0.3, 0.4) is 0 Å². The molecule has 0 aromatic carbocycles. The summed E-state index contributed by atoms with van der Waals surface area (Å²) in [5.74, 6) is -1.41. The quantitative estimate of drug-likeness (QED) is 0.678. The highest BCUT2D eigenvalue weighted by molar-refractivity contribution is 7.16. The molecular weight excluding hydrogens is 354 g/mol. The lowest BCUT2D eigenvalue weighted by Crippen LogP contribution is -2.48. The number of hydrogen-bond donors (Lipinski definition) is 2. The van der Waals surface area contributed by atoms with Gasteiger partial charge in [-0.25, -0.2) is 0 Å². The van der Waals surface area contributed by atoms with Gasteiger partial charge in [0.15, 0.2) is 0 Å². The van der Waals surface area contributed by atoms with Gasteiger partial charge in [-0.1, -0.05) is 11.6 Å². The van der Waals surface area contributed by atoms with Gasteiger partial charge in [0.2, 0.25) is 11.8 Å². The minimum absolute atomic E-state index is 0.0390. The molecule has 2 N–H and O–H groups in total. The number of halogens is 1. The van der Waals surface area contributed by atoms with Crippen LogP contribution >= 0.6 is 22.9 Å². The first-order valence-electron chi connectivity index (χ1n) is 7.40. The fourth-order valence-corrected chi connectivity index (χ4v) is 3.14. The summed E-state index contributed by atoms with van der Waals surface area (Å²) in [7, 11) is 1.66. The summed E-state index contributed by atoms with van der Waals surface area (Å²) >= 11 is 7.27. The van der Waals surface area contributed by atoms with Gasteiger partial charge in [-0.05, 0) is 19.1 Å². The zero-order chi connectivity index (χ0) is 18.3. The van der Waals surface area contributed by atoms with E-state index in [1.807, 2.05) is 6.07 Å². The Kier molecular flexibility index (Phi) is 8.17. The maximum atomic E-state index is 12.4. The highest BCUT2D eigenvalue weighted by Crippen LogP contribution is 2.22. The fraction of sp³-hybridized carbons (Fsp3) is 0.533. The molecule has 1 aromatic rings. The second kappa shape index (κ2) is 9.61. The Bertz CT molecular complexity index is 593. The number of likely N-dealkylation sites (N-methyl/N-ethyl adjacent to an activating group) is 1. The summed E-state index contributed by atoms with van der Waals surface area (Å²) < 4.78 is 0.655. The Morgan fingerprint density at radius 1 is 1.38 bits per heavy atom. The van der Waals surface area contributed by atoms with Crippen LogP contribution < -0.4 is 5.32 Å². The maximum Gasteiger partial charge on any atom is 0.320 e. The first-order chi connectivity index (χ1) is 11.2. The lowest BCUT2D eigenvalue weighted by molar-refractivity contribution is -0.144. The molecule has 1 aromatic heterocycles. The third kappa shape index (κ3) is 6.86. The zero-order valence-electron chi connectivity index (χ0n) is 13.9. The average molecular weight is 376 g/mol. The Balaban J connectivity index is 2.63. The molecule has 9 heteroatoms. The first-order valence-corrected chi connectivity index (χ1v) is 8.59. The molecule has 7 nitrogen and oxygen atoms in total. The molecule has 1 unspecified atom stereocenters. The van der Waals surface area contributed by atoms with Crippen LogP contribution in [-0.2, 0) is 20.9 Å². The van der Waals surface area contributed by atoms with E-state index in [9.17, 15) is 19.5 Å². The van der Waals surface area contributed by atoms with Crippen LogP contribution in [0, 0.1) is 0 Å². The number of nitrogens with zero attached hydrogens (tertiary/aromatic N) is 2. The topological polar surface area (TPSA) is 90.0 Å². The summed E-state index contributed by atoms with van der Waals surface area (Å²) in [6, 6.07) is 2.80. The number of carboxylic acids is 1. The molecule has 0 aliphatic carbocycles. The number of aliphatic carboxylic acids is 1. The van der Waals surface area contributed by atoms with E-state index in [0.29, 0.717) is 10.9 Å². The highest BCUT2D eigenvalue weighted by Gasteiger charge is 2.24. The van der Waals surface area contributed by atoms with E-state index < -0.39 is 12.0 Å². The summed E-state index contributed by atoms with van der Waals surface area (Å²) in [5, 5.41) is 11.8. The molecule has 0 aliphatic rings. The fourth-order valence-electron chi connectivity index (χ4n) is 1.99. The summed E-state index contributed by atoms with van der Waals surface area (Å²) in [6.45, 7) is 3.83. The predicted octanol–water partition coefficient (Wildman–Crippen LogP) is 1.27. The molecule has 0 saturated carbocycles. The first kappa shape index (κ1) is 20.4.